The molecular weight excluding hydrogens is 304 g/mol. The smallest absolute Gasteiger partial charge is 0.0707 e. The van der Waals surface area contributed by atoms with E-state index in [0.29, 0.717) is 23.0 Å². The topological polar surface area (TPSA) is 18.5 Å². The molecule has 19 heavy (non-hydrogen) atoms. The van der Waals surface area contributed by atoms with E-state index in [2.05, 4.69) is 36.7 Å². The number of hydrogen-bond acceptors (Lipinski definition) is 2. The van der Waals surface area contributed by atoms with Crippen LogP contribution < -0.4 is 0 Å². The molecule has 112 valence electrons. The molecule has 0 aromatic heterocycles. The van der Waals surface area contributed by atoms with Gasteiger partial charge in [-0.1, -0.05) is 41.6 Å². The van der Waals surface area contributed by atoms with Crippen LogP contribution in [0, 0.1) is 5.41 Å². The van der Waals surface area contributed by atoms with Gasteiger partial charge in [0, 0.05) is 10.2 Å². The van der Waals surface area contributed by atoms with Gasteiger partial charge in [-0.15, -0.1) is 0 Å². The van der Waals surface area contributed by atoms with Gasteiger partial charge < -0.3 is 9.47 Å². The first-order chi connectivity index (χ1) is 8.94. The highest BCUT2D eigenvalue weighted by molar-refractivity contribution is 9.09. The molecule has 0 saturated heterocycles. The predicted molar refractivity (Wildman–Crippen MR) is 82.9 cm³/mol. The zero-order valence-electron chi connectivity index (χ0n) is 12.7. The number of ether oxygens (including phenoxy) is 2. The maximum Gasteiger partial charge on any atom is 0.0707 e. The first kappa shape index (κ1) is 15.8. The summed E-state index contributed by atoms with van der Waals surface area (Å²) in [5.74, 6) is 0. The first-order valence-electron chi connectivity index (χ1n) is 7.84. The molecular formula is C16H29BrO2. The van der Waals surface area contributed by atoms with Crippen molar-refractivity contribution >= 4 is 15.9 Å². The van der Waals surface area contributed by atoms with E-state index in [4.69, 9.17) is 9.47 Å². The Morgan fingerprint density at radius 3 is 2.21 bits per heavy atom. The van der Waals surface area contributed by atoms with E-state index >= 15 is 0 Å². The monoisotopic (exact) mass is 332 g/mol. The molecule has 2 aliphatic carbocycles. The molecule has 0 radical (unpaired) electrons. The summed E-state index contributed by atoms with van der Waals surface area (Å²) in [4.78, 5) is 0.673. The standard InChI is InChI=1S/C16H29BrO2/c1-15(2,3)19-11-10-18-14-12-13(17)16(14)8-6-4-5-7-9-16/h13-14H,4-12H2,1-3H3. The first-order valence-corrected chi connectivity index (χ1v) is 8.75. The minimum Gasteiger partial charge on any atom is -0.375 e. The summed E-state index contributed by atoms with van der Waals surface area (Å²) in [6.45, 7) is 7.74. The molecule has 2 unspecified atom stereocenters. The van der Waals surface area contributed by atoms with Gasteiger partial charge in [0.2, 0.25) is 0 Å². The third-order valence-electron chi connectivity index (χ3n) is 4.66. The quantitative estimate of drug-likeness (QED) is 0.549. The Morgan fingerprint density at radius 2 is 1.68 bits per heavy atom. The molecule has 0 bridgehead atoms. The van der Waals surface area contributed by atoms with E-state index in [1.54, 1.807) is 0 Å². The Kier molecular flexibility index (Phi) is 5.35. The molecule has 0 amide bonds. The second-order valence-electron chi connectivity index (χ2n) is 7.17. The molecule has 2 atom stereocenters. The maximum absolute atomic E-state index is 6.14. The summed E-state index contributed by atoms with van der Waals surface area (Å²) in [6, 6.07) is 0. The second kappa shape index (κ2) is 6.44. The van der Waals surface area contributed by atoms with E-state index in [9.17, 15) is 0 Å². The van der Waals surface area contributed by atoms with Crippen molar-refractivity contribution in [2.75, 3.05) is 13.2 Å². The van der Waals surface area contributed by atoms with Crippen LogP contribution in [0.4, 0.5) is 0 Å². The third kappa shape index (κ3) is 3.95. The van der Waals surface area contributed by atoms with Crippen molar-refractivity contribution in [3.05, 3.63) is 0 Å². The van der Waals surface area contributed by atoms with E-state index in [1.807, 2.05) is 0 Å². The van der Waals surface area contributed by atoms with Crippen LogP contribution in [0.2, 0.25) is 0 Å². The van der Waals surface area contributed by atoms with Crippen molar-refractivity contribution in [2.45, 2.75) is 82.2 Å². The van der Waals surface area contributed by atoms with E-state index < -0.39 is 0 Å². The van der Waals surface area contributed by atoms with Crippen molar-refractivity contribution < 1.29 is 9.47 Å². The van der Waals surface area contributed by atoms with Crippen molar-refractivity contribution in [3.63, 3.8) is 0 Å². The van der Waals surface area contributed by atoms with Crippen LogP contribution in [0.1, 0.15) is 65.7 Å². The van der Waals surface area contributed by atoms with Gasteiger partial charge in [0.25, 0.3) is 0 Å². The van der Waals surface area contributed by atoms with Gasteiger partial charge in [0.1, 0.15) is 0 Å². The Balaban J connectivity index is 1.77. The van der Waals surface area contributed by atoms with Crippen LogP contribution in [0.25, 0.3) is 0 Å². The van der Waals surface area contributed by atoms with Crippen LogP contribution in [-0.2, 0) is 9.47 Å². The molecule has 0 aromatic carbocycles. The van der Waals surface area contributed by atoms with Crippen molar-refractivity contribution in [1.82, 2.24) is 0 Å². The molecule has 2 aliphatic rings. The molecule has 2 fully saturated rings. The van der Waals surface area contributed by atoms with E-state index in [-0.39, 0.29) is 5.60 Å². The van der Waals surface area contributed by atoms with Crippen molar-refractivity contribution in [1.29, 1.82) is 0 Å². The fourth-order valence-electron chi connectivity index (χ4n) is 3.49. The minimum atomic E-state index is -0.0546. The van der Waals surface area contributed by atoms with Gasteiger partial charge in [-0.3, -0.25) is 0 Å². The highest BCUT2D eigenvalue weighted by atomic mass is 79.9. The minimum absolute atomic E-state index is 0.0546. The SMILES string of the molecule is CC(C)(C)OCCOC1CC(Br)C12CCCCCC2. The summed E-state index contributed by atoms with van der Waals surface area (Å²) >= 11 is 3.88. The molecule has 0 heterocycles. The van der Waals surface area contributed by atoms with Crippen LogP contribution in [0.3, 0.4) is 0 Å². The van der Waals surface area contributed by atoms with E-state index in [0.717, 1.165) is 6.61 Å². The lowest BCUT2D eigenvalue weighted by molar-refractivity contribution is -0.131. The lowest BCUT2D eigenvalue weighted by atomic mass is 9.61. The van der Waals surface area contributed by atoms with Gasteiger partial charge >= 0.3 is 0 Å². The molecule has 2 nitrogen and oxygen atoms in total. The predicted octanol–water partition coefficient (Wildman–Crippen LogP) is 4.69. The van der Waals surface area contributed by atoms with Crippen LogP contribution in [0.5, 0.6) is 0 Å². The fraction of sp³-hybridized carbons (Fsp3) is 1.00. The molecule has 1 spiro atoms. The molecule has 0 aromatic rings. The van der Waals surface area contributed by atoms with Crippen LogP contribution in [0.15, 0.2) is 0 Å². The third-order valence-corrected chi connectivity index (χ3v) is 5.94. The van der Waals surface area contributed by atoms with Crippen molar-refractivity contribution in [2.24, 2.45) is 5.41 Å². The number of hydrogen-bond donors (Lipinski definition) is 0. The van der Waals surface area contributed by atoms with Gasteiger partial charge in [-0.05, 0) is 40.0 Å². The average molecular weight is 333 g/mol. The fourth-order valence-corrected chi connectivity index (χ4v) is 4.59. The normalized spacial score (nSPS) is 30.9. The highest BCUT2D eigenvalue weighted by Crippen LogP contribution is 2.55. The molecule has 3 heteroatoms. The Bertz CT molecular complexity index is 277. The summed E-state index contributed by atoms with van der Waals surface area (Å²) < 4.78 is 11.9. The molecule has 2 rings (SSSR count). The molecule has 2 saturated carbocycles. The van der Waals surface area contributed by atoms with Crippen LogP contribution >= 0.6 is 15.9 Å². The summed E-state index contributed by atoms with van der Waals surface area (Å²) in [5, 5.41) is 0. The number of rotatable bonds is 4. The number of halogens is 1. The second-order valence-corrected chi connectivity index (χ2v) is 8.28. The van der Waals surface area contributed by atoms with Gasteiger partial charge in [0.05, 0.1) is 24.9 Å². The largest absolute Gasteiger partial charge is 0.375 e. The zero-order valence-corrected chi connectivity index (χ0v) is 14.3. The molecule has 0 aliphatic heterocycles. The van der Waals surface area contributed by atoms with Gasteiger partial charge in [0.15, 0.2) is 0 Å². The Morgan fingerprint density at radius 1 is 1.05 bits per heavy atom. The Labute approximate surface area is 126 Å². The maximum atomic E-state index is 6.14. The van der Waals surface area contributed by atoms with Gasteiger partial charge in [-0.2, -0.15) is 0 Å². The van der Waals surface area contributed by atoms with Gasteiger partial charge in [-0.25, -0.2) is 0 Å². The Hall–Kier alpha value is 0.400. The van der Waals surface area contributed by atoms with E-state index in [1.165, 1.54) is 44.9 Å². The summed E-state index contributed by atoms with van der Waals surface area (Å²) in [6.07, 6.45) is 9.87. The molecule has 0 N–H and O–H groups in total. The lowest BCUT2D eigenvalue weighted by Crippen LogP contribution is -2.55. The lowest BCUT2D eigenvalue weighted by Gasteiger charge is -2.53. The zero-order chi connectivity index (χ0) is 13.9. The summed E-state index contributed by atoms with van der Waals surface area (Å²) in [7, 11) is 0. The average Bonchev–Trinajstić information content (AvgIpc) is 2.59. The van der Waals surface area contributed by atoms with Crippen LogP contribution in [-0.4, -0.2) is 29.7 Å². The highest BCUT2D eigenvalue weighted by Gasteiger charge is 2.53. The number of alkyl halides is 1. The van der Waals surface area contributed by atoms with Crippen molar-refractivity contribution in [3.8, 4) is 0 Å². The summed E-state index contributed by atoms with van der Waals surface area (Å²) in [5.41, 5.74) is 0.374.